The minimum absolute atomic E-state index is 0.568. The maximum Gasteiger partial charge on any atom is 0.416 e. The summed E-state index contributed by atoms with van der Waals surface area (Å²) >= 11 is 5.86. The second kappa shape index (κ2) is 7.86. The topological polar surface area (TPSA) is 27.9 Å². The van der Waals surface area contributed by atoms with E-state index in [2.05, 4.69) is 0 Å². The maximum absolute atomic E-state index is 12.9. The van der Waals surface area contributed by atoms with Crippen LogP contribution in [0.4, 0.5) is 18.9 Å². The molecule has 0 unspecified atom stereocenters. The molecule has 2 aromatic carbocycles. The molecule has 3 nitrogen and oxygen atoms in total. The number of alkyl halides is 3. The molecule has 0 amide bonds. The Bertz CT molecular complexity index is 728. The fraction of sp³-hybridized carbons (Fsp3) is 0.368. The van der Waals surface area contributed by atoms with E-state index in [4.69, 9.17) is 11.6 Å². The highest BCUT2D eigenvalue weighted by atomic mass is 35.5. The molecule has 3 rings (SSSR count). The van der Waals surface area contributed by atoms with Crippen molar-refractivity contribution in [3.05, 3.63) is 64.7 Å². The van der Waals surface area contributed by atoms with Gasteiger partial charge in [-0.1, -0.05) is 29.8 Å². The standard InChI is InChI=1S/C19H20ClF3N2O/c20-16-6-4-14(5-7-16)18(26)13-24-8-10-25(11-9-24)17-3-1-2-15(12-17)19(21,22)23/h1-7,12,18,26H,8-11,13H2/p+1/t18-/m1/s1. The lowest BCUT2D eigenvalue weighted by Gasteiger charge is -2.34. The van der Waals surface area contributed by atoms with Crippen LogP contribution in [0, 0.1) is 0 Å². The van der Waals surface area contributed by atoms with Gasteiger partial charge in [0, 0.05) is 10.7 Å². The molecule has 1 aliphatic rings. The number of halogens is 4. The van der Waals surface area contributed by atoms with E-state index in [0.717, 1.165) is 24.7 Å². The molecule has 140 valence electrons. The summed E-state index contributed by atoms with van der Waals surface area (Å²) in [6.07, 6.45) is -4.91. The number of nitrogens with zero attached hydrogens (tertiary/aromatic N) is 1. The number of piperazine rings is 1. The lowest BCUT2D eigenvalue weighted by atomic mass is 10.1. The highest BCUT2D eigenvalue weighted by Crippen LogP contribution is 2.31. The Kier molecular flexibility index (Phi) is 5.75. The number of anilines is 1. The van der Waals surface area contributed by atoms with E-state index < -0.39 is 17.8 Å². The fourth-order valence-electron chi connectivity index (χ4n) is 3.24. The summed E-state index contributed by atoms with van der Waals surface area (Å²) in [4.78, 5) is 3.20. The molecule has 1 fully saturated rings. The maximum atomic E-state index is 12.9. The average Bonchev–Trinajstić information content (AvgIpc) is 2.62. The first-order chi connectivity index (χ1) is 12.3. The van der Waals surface area contributed by atoms with Crippen LogP contribution >= 0.6 is 11.6 Å². The Balaban J connectivity index is 1.57. The van der Waals surface area contributed by atoms with Crippen LogP contribution in [0.25, 0.3) is 0 Å². The van der Waals surface area contributed by atoms with Crippen molar-refractivity contribution in [2.45, 2.75) is 12.3 Å². The highest BCUT2D eigenvalue weighted by Gasteiger charge is 2.31. The first-order valence-electron chi connectivity index (χ1n) is 8.52. The van der Waals surface area contributed by atoms with Gasteiger partial charge in [-0.3, -0.25) is 0 Å². The van der Waals surface area contributed by atoms with Crippen molar-refractivity contribution in [1.29, 1.82) is 0 Å². The minimum Gasteiger partial charge on any atom is -0.382 e. The molecule has 0 aliphatic carbocycles. The largest absolute Gasteiger partial charge is 0.416 e. The first-order valence-corrected chi connectivity index (χ1v) is 8.90. The molecule has 26 heavy (non-hydrogen) atoms. The Labute approximate surface area is 155 Å². The van der Waals surface area contributed by atoms with Crippen LogP contribution in [-0.4, -0.2) is 37.8 Å². The molecule has 1 aliphatic heterocycles. The van der Waals surface area contributed by atoms with Crippen molar-refractivity contribution >= 4 is 17.3 Å². The number of benzene rings is 2. The number of hydrogen-bond acceptors (Lipinski definition) is 2. The van der Waals surface area contributed by atoms with Crippen molar-refractivity contribution < 1.29 is 23.2 Å². The molecule has 1 saturated heterocycles. The summed E-state index contributed by atoms with van der Waals surface area (Å²) < 4.78 is 38.6. The minimum atomic E-state index is -4.33. The molecule has 0 spiro atoms. The third-order valence-electron chi connectivity index (χ3n) is 4.75. The van der Waals surface area contributed by atoms with E-state index in [1.165, 1.54) is 17.0 Å². The zero-order valence-electron chi connectivity index (χ0n) is 14.1. The third kappa shape index (κ3) is 4.69. The summed E-state index contributed by atoms with van der Waals surface area (Å²) in [6, 6.07) is 12.6. The van der Waals surface area contributed by atoms with E-state index in [1.54, 1.807) is 18.2 Å². The second-order valence-electron chi connectivity index (χ2n) is 6.56. The van der Waals surface area contributed by atoms with Gasteiger partial charge in [0.05, 0.1) is 31.7 Å². The number of rotatable bonds is 4. The van der Waals surface area contributed by atoms with Crippen molar-refractivity contribution in [2.75, 3.05) is 37.6 Å². The van der Waals surface area contributed by atoms with E-state index >= 15 is 0 Å². The molecule has 0 aromatic heterocycles. The first kappa shape index (κ1) is 19.0. The van der Waals surface area contributed by atoms with Crippen molar-refractivity contribution in [3.63, 3.8) is 0 Å². The molecule has 0 radical (unpaired) electrons. The van der Waals surface area contributed by atoms with Gasteiger partial charge in [-0.05, 0) is 35.9 Å². The second-order valence-corrected chi connectivity index (χ2v) is 6.99. The molecule has 7 heteroatoms. The van der Waals surface area contributed by atoms with E-state index in [-0.39, 0.29) is 0 Å². The summed E-state index contributed by atoms with van der Waals surface area (Å²) in [7, 11) is 0. The molecule has 1 atom stereocenters. The Hall–Kier alpha value is -1.76. The molecule has 2 aromatic rings. The smallest absolute Gasteiger partial charge is 0.382 e. The third-order valence-corrected chi connectivity index (χ3v) is 5.00. The molecular formula is C19H21ClF3N2O+. The molecule has 1 heterocycles. The number of nitrogens with one attached hydrogen (secondary N) is 1. The van der Waals surface area contributed by atoms with Gasteiger partial charge < -0.3 is 14.9 Å². The average molecular weight is 386 g/mol. The van der Waals surface area contributed by atoms with E-state index in [0.29, 0.717) is 30.3 Å². The fourth-order valence-corrected chi connectivity index (χ4v) is 3.37. The van der Waals surface area contributed by atoms with Crippen LogP contribution in [0.15, 0.2) is 48.5 Å². The van der Waals surface area contributed by atoms with Crippen LogP contribution in [-0.2, 0) is 6.18 Å². The Morgan fingerprint density at radius 3 is 2.35 bits per heavy atom. The van der Waals surface area contributed by atoms with Crippen LogP contribution in [0.1, 0.15) is 17.2 Å². The van der Waals surface area contributed by atoms with Gasteiger partial charge in [-0.2, -0.15) is 13.2 Å². The van der Waals surface area contributed by atoms with Crippen molar-refractivity contribution in [2.24, 2.45) is 0 Å². The predicted octanol–water partition coefficient (Wildman–Crippen LogP) is 2.80. The number of aliphatic hydroxyl groups excluding tert-OH is 1. The summed E-state index contributed by atoms with van der Waals surface area (Å²) in [5.41, 5.74) is 0.794. The summed E-state index contributed by atoms with van der Waals surface area (Å²) in [5, 5.41) is 11.0. The lowest BCUT2D eigenvalue weighted by Crippen LogP contribution is -3.15. The lowest BCUT2D eigenvalue weighted by molar-refractivity contribution is -0.904. The molecule has 0 bridgehead atoms. The van der Waals surface area contributed by atoms with Crippen LogP contribution in [0.5, 0.6) is 0 Å². The van der Waals surface area contributed by atoms with Crippen molar-refractivity contribution in [3.8, 4) is 0 Å². The van der Waals surface area contributed by atoms with Gasteiger partial charge in [0.15, 0.2) is 0 Å². The number of aliphatic hydroxyl groups is 1. The van der Waals surface area contributed by atoms with Gasteiger partial charge in [0.1, 0.15) is 12.6 Å². The van der Waals surface area contributed by atoms with E-state index in [1.807, 2.05) is 17.0 Å². The Morgan fingerprint density at radius 1 is 1.08 bits per heavy atom. The molecule has 2 N–H and O–H groups in total. The zero-order chi connectivity index (χ0) is 18.7. The molecular weight excluding hydrogens is 365 g/mol. The monoisotopic (exact) mass is 385 g/mol. The van der Waals surface area contributed by atoms with Gasteiger partial charge in [0.2, 0.25) is 0 Å². The van der Waals surface area contributed by atoms with Gasteiger partial charge >= 0.3 is 6.18 Å². The summed E-state index contributed by atoms with van der Waals surface area (Å²) in [5.74, 6) is 0. The summed E-state index contributed by atoms with van der Waals surface area (Å²) in [6.45, 7) is 3.41. The highest BCUT2D eigenvalue weighted by molar-refractivity contribution is 6.30. The van der Waals surface area contributed by atoms with Crippen LogP contribution in [0.2, 0.25) is 5.02 Å². The van der Waals surface area contributed by atoms with Gasteiger partial charge in [-0.15, -0.1) is 0 Å². The Morgan fingerprint density at radius 2 is 1.73 bits per heavy atom. The predicted molar refractivity (Wildman–Crippen MR) is 95.6 cm³/mol. The van der Waals surface area contributed by atoms with Crippen molar-refractivity contribution in [1.82, 2.24) is 0 Å². The van der Waals surface area contributed by atoms with Crippen LogP contribution in [0.3, 0.4) is 0 Å². The SMILES string of the molecule is O[C@H](C[NH+]1CCN(c2cccc(C(F)(F)F)c2)CC1)c1ccc(Cl)cc1. The number of quaternary nitrogens is 1. The normalized spacial score (nSPS) is 17.3. The van der Waals surface area contributed by atoms with Crippen LogP contribution < -0.4 is 9.80 Å². The van der Waals surface area contributed by atoms with Gasteiger partial charge in [-0.25, -0.2) is 0 Å². The quantitative estimate of drug-likeness (QED) is 0.847. The zero-order valence-corrected chi connectivity index (χ0v) is 14.9. The van der Waals surface area contributed by atoms with E-state index in [9.17, 15) is 18.3 Å². The molecule has 0 saturated carbocycles. The van der Waals surface area contributed by atoms with Gasteiger partial charge in [0.25, 0.3) is 0 Å². The number of hydrogen-bond donors (Lipinski definition) is 2.